The van der Waals surface area contributed by atoms with Crippen molar-refractivity contribution in [3.63, 3.8) is 0 Å². The van der Waals surface area contributed by atoms with Crippen LogP contribution in [0.5, 0.6) is 0 Å². The van der Waals surface area contributed by atoms with Crippen LogP contribution >= 0.6 is 0 Å². The lowest BCUT2D eigenvalue weighted by Crippen LogP contribution is -2.11. The zero-order chi connectivity index (χ0) is 21.0. The normalized spacial score (nSPS) is 10.7. The van der Waals surface area contributed by atoms with Gasteiger partial charge in [0.1, 0.15) is 5.69 Å². The third-order valence-corrected chi connectivity index (χ3v) is 4.33. The fraction of sp³-hybridized carbons (Fsp3) is 0.238. The minimum atomic E-state index is -0.526. The molecule has 1 aromatic heterocycles. The molecule has 0 fully saturated rings. The van der Waals surface area contributed by atoms with Crippen LogP contribution in [0.1, 0.15) is 29.9 Å². The Hall–Kier alpha value is -3.68. The van der Waals surface area contributed by atoms with Gasteiger partial charge in [-0.1, -0.05) is 12.1 Å². The SMILES string of the molecule is CCOC(=O)Cc1ccc(-n2c(C(=O)OCC)cc3ccc([N+](=O)[O-])cc32)cc1. The number of nitrogens with zero attached hydrogens (tertiary/aromatic N) is 2. The Kier molecular flexibility index (Phi) is 5.92. The van der Waals surface area contributed by atoms with Gasteiger partial charge in [-0.05, 0) is 43.7 Å². The van der Waals surface area contributed by atoms with E-state index < -0.39 is 10.9 Å². The smallest absolute Gasteiger partial charge is 0.355 e. The lowest BCUT2D eigenvalue weighted by Gasteiger charge is -2.11. The summed E-state index contributed by atoms with van der Waals surface area (Å²) < 4.78 is 11.7. The summed E-state index contributed by atoms with van der Waals surface area (Å²) in [5.41, 5.74) is 2.08. The molecule has 0 saturated heterocycles. The minimum absolute atomic E-state index is 0.0776. The van der Waals surface area contributed by atoms with E-state index in [1.165, 1.54) is 12.1 Å². The average Bonchev–Trinajstić information content (AvgIpc) is 3.07. The highest BCUT2D eigenvalue weighted by Crippen LogP contribution is 2.28. The number of ether oxygens (including phenoxy) is 2. The molecule has 0 amide bonds. The van der Waals surface area contributed by atoms with E-state index >= 15 is 0 Å². The van der Waals surface area contributed by atoms with Crippen molar-refractivity contribution in [2.75, 3.05) is 13.2 Å². The van der Waals surface area contributed by atoms with E-state index in [0.29, 0.717) is 23.2 Å². The number of esters is 2. The molecule has 8 nitrogen and oxygen atoms in total. The van der Waals surface area contributed by atoms with Crippen LogP contribution in [0.4, 0.5) is 5.69 Å². The first-order valence-corrected chi connectivity index (χ1v) is 9.16. The summed E-state index contributed by atoms with van der Waals surface area (Å²) in [6, 6.07) is 13.1. The molecule has 0 saturated carbocycles. The molecular formula is C21H20N2O6. The number of hydrogen-bond donors (Lipinski definition) is 0. The van der Waals surface area contributed by atoms with Gasteiger partial charge >= 0.3 is 11.9 Å². The first-order chi connectivity index (χ1) is 13.9. The largest absolute Gasteiger partial charge is 0.466 e. The second kappa shape index (κ2) is 8.55. The molecule has 0 unspecified atom stereocenters. The standard InChI is InChI=1S/C21H20N2O6/c1-3-28-20(24)11-14-5-8-16(9-6-14)22-18-13-17(23(26)27)10-7-15(18)12-19(22)21(25)29-4-2/h5-10,12-13H,3-4,11H2,1-2H3. The van der Waals surface area contributed by atoms with Gasteiger partial charge in [-0.2, -0.15) is 0 Å². The van der Waals surface area contributed by atoms with Gasteiger partial charge in [0, 0.05) is 23.2 Å². The zero-order valence-corrected chi connectivity index (χ0v) is 16.1. The number of nitro benzene ring substituents is 1. The molecular weight excluding hydrogens is 376 g/mol. The Labute approximate surface area is 166 Å². The van der Waals surface area contributed by atoms with Crippen molar-refractivity contribution in [3.8, 4) is 5.69 Å². The number of non-ortho nitro benzene ring substituents is 1. The van der Waals surface area contributed by atoms with Crippen LogP contribution in [0.2, 0.25) is 0 Å². The topological polar surface area (TPSA) is 101 Å². The maximum atomic E-state index is 12.5. The maximum absolute atomic E-state index is 12.5. The molecule has 3 aromatic rings. The van der Waals surface area contributed by atoms with Crippen molar-refractivity contribution in [2.45, 2.75) is 20.3 Å². The lowest BCUT2D eigenvalue weighted by atomic mass is 10.1. The van der Waals surface area contributed by atoms with Gasteiger partial charge in [-0.3, -0.25) is 14.9 Å². The molecule has 1 heterocycles. The fourth-order valence-electron chi connectivity index (χ4n) is 3.08. The van der Waals surface area contributed by atoms with E-state index in [2.05, 4.69) is 0 Å². The summed E-state index contributed by atoms with van der Waals surface area (Å²) >= 11 is 0. The Bertz CT molecular complexity index is 1070. The summed E-state index contributed by atoms with van der Waals surface area (Å²) in [6.07, 6.45) is 0.136. The Morgan fingerprint density at radius 3 is 2.31 bits per heavy atom. The van der Waals surface area contributed by atoms with Crippen molar-refractivity contribution in [2.24, 2.45) is 0 Å². The van der Waals surface area contributed by atoms with Crippen LogP contribution in [0, 0.1) is 10.1 Å². The molecule has 2 aromatic carbocycles. The van der Waals surface area contributed by atoms with E-state index in [4.69, 9.17) is 9.47 Å². The number of rotatable bonds is 7. The molecule has 0 bridgehead atoms. The predicted molar refractivity (Wildman–Crippen MR) is 106 cm³/mol. The third kappa shape index (κ3) is 4.26. The molecule has 0 aliphatic heterocycles. The molecule has 0 spiro atoms. The maximum Gasteiger partial charge on any atom is 0.355 e. The highest BCUT2D eigenvalue weighted by atomic mass is 16.6. The monoisotopic (exact) mass is 396 g/mol. The van der Waals surface area contributed by atoms with Crippen molar-refractivity contribution < 1.29 is 24.0 Å². The van der Waals surface area contributed by atoms with Crippen LogP contribution in [-0.2, 0) is 20.7 Å². The van der Waals surface area contributed by atoms with Gasteiger partial charge in [0.25, 0.3) is 5.69 Å². The molecule has 0 N–H and O–H groups in total. The Morgan fingerprint density at radius 1 is 1.00 bits per heavy atom. The van der Waals surface area contributed by atoms with Crippen molar-refractivity contribution in [1.29, 1.82) is 0 Å². The van der Waals surface area contributed by atoms with E-state index in [1.54, 1.807) is 54.8 Å². The summed E-state index contributed by atoms with van der Waals surface area (Å²) in [7, 11) is 0. The van der Waals surface area contributed by atoms with E-state index in [0.717, 1.165) is 5.56 Å². The van der Waals surface area contributed by atoms with Gasteiger partial charge in [0.05, 0.1) is 30.1 Å². The number of carbonyl (C=O) groups excluding carboxylic acids is 2. The Morgan fingerprint density at radius 2 is 1.69 bits per heavy atom. The second-order valence-corrected chi connectivity index (χ2v) is 6.23. The highest BCUT2D eigenvalue weighted by molar-refractivity contribution is 5.97. The van der Waals surface area contributed by atoms with Crippen molar-refractivity contribution in [3.05, 3.63) is 69.9 Å². The van der Waals surface area contributed by atoms with Crippen LogP contribution in [0.15, 0.2) is 48.5 Å². The molecule has 3 rings (SSSR count). The lowest BCUT2D eigenvalue weighted by molar-refractivity contribution is -0.384. The third-order valence-electron chi connectivity index (χ3n) is 4.33. The number of nitro groups is 1. The quantitative estimate of drug-likeness (QED) is 0.342. The Balaban J connectivity index is 2.09. The van der Waals surface area contributed by atoms with E-state index in [9.17, 15) is 19.7 Å². The van der Waals surface area contributed by atoms with Crippen LogP contribution < -0.4 is 0 Å². The zero-order valence-electron chi connectivity index (χ0n) is 16.1. The van der Waals surface area contributed by atoms with E-state index in [1.807, 2.05) is 0 Å². The van der Waals surface area contributed by atoms with Gasteiger partial charge in [0.15, 0.2) is 0 Å². The van der Waals surface area contributed by atoms with Crippen molar-refractivity contribution >= 4 is 28.5 Å². The molecule has 0 atom stereocenters. The first kappa shape index (κ1) is 20.1. The summed E-state index contributed by atoms with van der Waals surface area (Å²) in [5.74, 6) is -0.851. The second-order valence-electron chi connectivity index (χ2n) is 6.23. The summed E-state index contributed by atoms with van der Waals surface area (Å²) in [6.45, 7) is 3.97. The van der Waals surface area contributed by atoms with Gasteiger partial charge in [-0.25, -0.2) is 4.79 Å². The molecule has 0 aliphatic rings. The van der Waals surface area contributed by atoms with Crippen LogP contribution in [0.3, 0.4) is 0 Å². The number of fused-ring (bicyclic) bond motifs is 1. The number of carbonyl (C=O) groups is 2. The minimum Gasteiger partial charge on any atom is -0.466 e. The van der Waals surface area contributed by atoms with Gasteiger partial charge in [-0.15, -0.1) is 0 Å². The average molecular weight is 396 g/mol. The highest BCUT2D eigenvalue weighted by Gasteiger charge is 2.20. The van der Waals surface area contributed by atoms with Gasteiger partial charge < -0.3 is 14.0 Å². The van der Waals surface area contributed by atoms with Crippen LogP contribution in [-0.4, -0.2) is 34.6 Å². The number of aromatic nitrogens is 1. The number of benzene rings is 2. The molecule has 29 heavy (non-hydrogen) atoms. The first-order valence-electron chi connectivity index (χ1n) is 9.16. The van der Waals surface area contributed by atoms with Gasteiger partial charge in [0.2, 0.25) is 0 Å². The number of hydrogen-bond acceptors (Lipinski definition) is 6. The summed E-state index contributed by atoms with van der Waals surface area (Å²) in [5, 5.41) is 11.9. The molecule has 0 aliphatic carbocycles. The van der Waals surface area contributed by atoms with Crippen LogP contribution in [0.25, 0.3) is 16.6 Å². The van der Waals surface area contributed by atoms with E-state index in [-0.39, 0.29) is 30.4 Å². The predicted octanol–water partition coefficient (Wildman–Crippen LogP) is 3.82. The fourth-order valence-corrected chi connectivity index (χ4v) is 3.08. The molecule has 150 valence electrons. The van der Waals surface area contributed by atoms with Crippen molar-refractivity contribution in [1.82, 2.24) is 4.57 Å². The summed E-state index contributed by atoms with van der Waals surface area (Å²) in [4.78, 5) is 34.9. The molecule has 8 heteroatoms. The molecule has 0 radical (unpaired) electrons.